The topological polar surface area (TPSA) is 38.8 Å². The molecule has 0 aromatic carbocycles. The molecule has 3 fully saturated rings. The summed E-state index contributed by atoms with van der Waals surface area (Å²) in [5.74, 6) is -0.341. The fourth-order valence-corrected chi connectivity index (χ4v) is 2.80. The SMILES string of the molecule is COC1CCOC2(C1)CN(C(=O)C1(F)CC1)C2. The van der Waals surface area contributed by atoms with Gasteiger partial charge < -0.3 is 14.4 Å². The second-order valence-electron chi connectivity index (χ2n) is 5.51. The number of hydrogen-bond donors (Lipinski definition) is 0. The number of carbonyl (C=O) groups is 1. The van der Waals surface area contributed by atoms with Crippen molar-refractivity contribution in [2.24, 2.45) is 0 Å². The summed E-state index contributed by atoms with van der Waals surface area (Å²) in [7, 11) is 1.70. The molecule has 1 saturated carbocycles. The van der Waals surface area contributed by atoms with Crippen molar-refractivity contribution < 1.29 is 18.7 Å². The van der Waals surface area contributed by atoms with Gasteiger partial charge >= 0.3 is 0 Å². The third-order valence-electron chi connectivity index (χ3n) is 4.10. The third kappa shape index (κ3) is 1.85. The van der Waals surface area contributed by atoms with Gasteiger partial charge in [-0.25, -0.2) is 4.39 Å². The summed E-state index contributed by atoms with van der Waals surface area (Å²) in [6.07, 6.45) is 2.70. The predicted octanol–water partition coefficient (Wildman–Crippen LogP) is 0.895. The molecule has 4 nitrogen and oxygen atoms in total. The molecule has 1 aliphatic carbocycles. The lowest BCUT2D eigenvalue weighted by molar-refractivity contribution is -0.201. The first-order valence-corrected chi connectivity index (χ1v) is 6.22. The highest BCUT2D eigenvalue weighted by Crippen LogP contribution is 2.44. The smallest absolute Gasteiger partial charge is 0.260 e. The summed E-state index contributed by atoms with van der Waals surface area (Å²) >= 11 is 0. The number of ether oxygens (including phenoxy) is 2. The van der Waals surface area contributed by atoms with Gasteiger partial charge in [0.15, 0.2) is 5.67 Å². The van der Waals surface area contributed by atoms with E-state index in [9.17, 15) is 9.18 Å². The summed E-state index contributed by atoms with van der Waals surface area (Å²) in [5, 5.41) is 0. The van der Waals surface area contributed by atoms with Gasteiger partial charge in [0, 0.05) is 20.1 Å². The average Bonchev–Trinajstić information content (AvgIpc) is 3.04. The van der Waals surface area contributed by atoms with E-state index in [1.807, 2.05) is 0 Å². The third-order valence-corrected chi connectivity index (χ3v) is 4.10. The Bertz CT molecular complexity index is 337. The van der Waals surface area contributed by atoms with E-state index in [4.69, 9.17) is 9.47 Å². The Labute approximate surface area is 100 Å². The van der Waals surface area contributed by atoms with Crippen LogP contribution < -0.4 is 0 Å². The number of halogens is 1. The molecule has 0 bridgehead atoms. The molecule has 1 amide bonds. The first-order valence-electron chi connectivity index (χ1n) is 6.22. The first-order chi connectivity index (χ1) is 8.07. The Morgan fingerprint density at radius 2 is 2.18 bits per heavy atom. The van der Waals surface area contributed by atoms with Crippen molar-refractivity contribution in [3.05, 3.63) is 0 Å². The zero-order valence-electron chi connectivity index (χ0n) is 10.1. The molecule has 3 rings (SSSR count). The van der Waals surface area contributed by atoms with Crippen molar-refractivity contribution in [3.63, 3.8) is 0 Å². The Morgan fingerprint density at radius 1 is 1.47 bits per heavy atom. The standard InChI is InChI=1S/C12H18FNO3/c1-16-9-2-5-17-11(6-9)7-14(8-11)10(15)12(13)3-4-12/h9H,2-8H2,1H3. The Morgan fingerprint density at radius 3 is 2.76 bits per heavy atom. The number of hydrogen-bond acceptors (Lipinski definition) is 3. The summed E-state index contributed by atoms with van der Waals surface area (Å²) in [6.45, 7) is 1.72. The van der Waals surface area contributed by atoms with E-state index in [0.29, 0.717) is 32.5 Å². The van der Waals surface area contributed by atoms with Crippen LogP contribution in [-0.4, -0.2) is 55.0 Å². The maximum Gasteiger partial charge on any atom is 0.260 e. The van der Waals surface area contributed by atoms with E-state index in [1.165, 1.54) is 0 Å². The average molecular weight is 243 g/mol. The molecule has 1 atom stereocenters. The van der Waals surface area contributed by atoms with Gasteiger partial charge in [0.25, 0.3) is 5.91 Å². The van der Waals surface area contributed by atoms with Gasteiger partial charge in [0.2, 0.25) is 0 Å². The van der Waals surface area contributed by atoms with Crippen molar-refractivity contribution >= 4 is 5.91 Å². The van der Waals surface area contributed by atoms with E-state index < -0.39 is 5.67 Å². The van der Waals surface area contributed by atoms with Crippen LogP contribution in [0.1, 0.15) is 25.7 Å². The second-order valence-corrected chi connectivity index (χ2v) is 5.51. The minimum atomic E-state index is -1.54. The predicted molar refractivity (Wildman–Crippen MR) is 58.4 cm³/mol. The summed E-state index contributed by atoms with van der Waals surface area (Å²) in [4.78, 5) is 13.3. The van der Waals surface area contributed by atoms with Crippen molar-refractivity contribution in [2.45, 2.75) is 43.1 Å². The number of alkyl halides is 1. The van der Waals surface area contributed by atoms with Crippen LogP contribution in [0.5, 0.6) is 0 Å². The Kier molecular flexibility index (Phi) is 2.45. The van der Waals surface area contributed by atoms with Gasteiger partial charge in [-0.05, 0) is 19.3 Å². The van der Waals surface area contributed by atoms with Gasteiger partial charge in [0.05, 0.1) is 19.2 Å². The molecule has 17 heavy (non-hydrogen) atoms. The number of likely N-dealkylation sites (tertiary alicyclic amines) is 1. The van der Waals surface area contributed by atoms with E-state index in [1.54, 1.807) is 12.0 Å². The maximum atomic E-state index is 13.6. The zero-order chi connectivity index (χ0) is 12.1. The van der Waals surface area contributed by atoms with E-state index in [-0.39, 0.29) is 17.6 Å². The van der Waals surface area contributed by atoms with Gasteiger partial charge in [-0.3, -0.25) is 4.79 Å². The first kappa shape index (κ1) is 11.4. The molecule has 1 spiro atoms. The largest absolute Gasteiger partial charge is 0.381 e. The lowest BCUT2D eigenvalue weighted by atomic mass is 9.84. The van der Waals surface area contributed by atoms with Gasteiger partial charge in [-0.1, -0.05) is 0 Å². The summed E-state index contributed by atoms with van der Waals surface area (Å²) in [6, 6.07) is 0. The van der Waals surface area contributed by atoms with E-state index in [2.05, 4.69) is 0 Å². The fraction of sp³-hybridized carbons (Fsp3) is 0.917. The number of methoxy groups -OCH3 is 1. The minimum Gasteiger partial charge on any atom is -0.381 e. The van der Waals surface area contributed by atoms with Crippen molar-refractivity contribution in [3.8, 4) is 0 Å². The molecule has 0 aromatic rings. The molecule has 2 aliphatic heterocycles. The number of nitrogens with zero attached hydrogens (tertiary/aromatic N) is 1. The van der Waals surface area contributed by atoms with Crippen LogP contribution in [-0.2, 0) is 14.3 Å². The van der Waals surface area contributed by atoms with Crippen molar-refractivity contribution in [2.75, 3.05) is 26.8 Å². The van der Waals surface area contributed by atoms with Crippen molar-refractivity contribution in [1.29, 1.82) is 0 Å². The highest BCUT2D eigenvalue weighted by molar-refractivity contribution is 5.88. The Hall–Kier alpha value is -0.680. The van der Waals surface area contributed by atoms with Crippen LogP contribution in [0.4, 0.5) is 4.39 Å². The minimum absolute atomic E-state index is 0.210. The molecule has 96 valence electrons. The molecule has 3 aliphatic rings. The molecule has 1 unspecified atom stereocenters. The molecular weight excluding hydrogens is 225 g/mol. The highest BCUT2D eigenvalue weighted by atomic mass is 19.1. The van der Waals surface area contributed by atoms with Gasteiger partial charge in [-0.15, -0.1) is 0 Å². The van der Waals surface area contributed by atoms with Crippen molar-refractivity contribution in [1.82, 2.24) is 4.90 Å². The highest BCUT2D eigenvalue weighted by Gasteiger charge is 2.58. The zero-order valence-corrected chi connectivity index (χ0v) is 10.1. The molecule has 5 heteroatoms. The molecule has 2 heterocycles. The normalized spacial score (nSPS) is 33.3. The summed E-state index contributed by atoms with van der Waals surface area (Å²) in [5.41, 5.74) is -1.81. The van der Waals surface area contributed by atoms with Crippen LogP contribution in [0, 0.1) is 0 Å². The quantitative estimate of drug-likeness (QED) is 0.723. The van der Waals surface area contributed by atoms with Gasteiger partial charge in [0.1, 0.15) is 5.60 Å². The molecular formula is C12H18FNO3. The van der Waals surface area contributed by atoms with Crippen LogP contribution in [0.2, 0.25) is 0 Å². The Balaban J connectivity index is 1.58. The van der Waals surface area contributed by atoms with Crippen LogP contribution in [0.3, 0.4) is 0 Å². The van der Waals surface area contributed by atoms with Crippen LogP contribution in [0.25, 0.3) is 0 Å². The van der Waals surface area contributed by atoms with E-state index >= 15 is 0 Å². The maximum absolute atomic E-state index is 13.6. The number of amides is 1. The number of carbonyl (C=O) groups excluding carboxylic acids is 1. The molecule has 2 saturated heterocycles. The lowest BCUT2D eigenvalue weighted by Gasteiger charge is -2.53. The lowest BCUT2D eigenvalue weighted by Crippen LogP contribution is -2.68. The molecule has 0 N–H and O–H groups in total. The van der Waals surface area contributed by atoms with Gasteiger partial charge in [-0.2, -0.15) is 0 Å². The van der Waals surface area contributed by atoms with Crippen LogP contribution >= 0.6 is 0 Å². The van der Waals surface area contributed by atoms with Crippen LogP contribution in [0.15, 0.2) is 0 Å². The molecule has 0 aromatic heterocycles. The summed E-state index contributed by atoms with van der Waals surface area (Å²) < 4.78 is 24.7. The monoisotopic (exact) mass is 243 g/mol. The fourth-order valence-electron chi connectivity index (χ4n) is 2.80. The molecule has 0 radical (unpaired) electrons. The second kappa shape index (κ2) is 3.65. The van der Waals surface area contributed by atoms with E-state index in [0.717, 1.165) is 12.8 Å². The number of rotatable bonds is 2.